The van der Waals surface area contributed by atoms with Crippen molar-refractivity contribution in [2.75, 3.05) is 39.3 Å². The molecular weight excluding hydrogens is 188 g/mol. The number of likely N-dealkylation sites (tertiary alicyclic amines) is 2. The van der Waals surface area contributed by atoms with Crippen LogP contribution >= 0.6 is 0 Å². The quantitative estimate of drug-likeness (QED) is 0.620. The van der Waals surface area contributed by atoms with Crippen LogP contribution in [-0.2, 0) is 0 Å². The first-order chi connectivity index (χ1) is 7.35. The maximum Gasteiger partial charge on any atom is 0.0239 e. The molecule has 0 aromatic heterocycles. The van der Waals surface area contributed by atoms with Crippen molar-refractivity contribution in [1.29, 1.82) is 0 Å². The second-order valence-corrected chi connectivity index (χ2v) is 4.82. The molecule has 2 aliphatic rings. The fourth-order valence-electron chi connectivity index (χ4n) is 2.97. The molecule has 0 saturated carbocycles. The minimum absolute atomic E-state index is 0.805. The van der Waals surface area contributed by atoms with Gasteiger partial charge in [-0.25, -0.2) is 0 Å². The van der Waals surface area contributed by atoms with Gasteiger partial charge in [-0.1, -0.05) is 0 Å². The van der Waals surface area contributed by atoms with Gasteiger partial charge in [-0.3, -0.25) is 9.80 Å². The van der Waals surface area contributed by atoms with Crippen LogP contribution in [0.1, 0.15) is 19.3 Å². The monoisotopic (exact) mass is 212 g/mol. The summed E-state index contributed by atoms with van der Waals surface area (Å²) in [6.45, 7) is 6.56. The fraction of sp³-hybridized carbons (Fsp3) is 1.00. The third-order valence-electron chi connectivity index (χ3n) is 3.77. The van der Waals surface area contributed by atoms with Crippen molar-refractivity contribution in [3.05, 3.63) is 0 Å². The lowest BCUT2D eigenvalue weighted by molar-refractivity contribution is 0.127. The number of rotatable bonds is 6. The Kier molecular flexibility index (Phi) is 3.97. The maximum atomic E-state index is 5.55. The summed E-state index contributed by atoms with van der Waals surface area (Å²) < 4.78 is 0. The van der Waals surface area contributed by atoms with Gasteiger partial charge in [0.25, 0.3) is 0 Å². The average Bonchev–Trinajstić information content (AvgIpc) is 2.82. The molecule has 4 N–H and O–H groups in total. The average molecular weight is 212 g/mol. The van der Waals surface area contributed by atoms with E-state index in [4.69, 9.17) is 11.5 Å². The van der Waals surface area contributed by atoms with E-state index in [9.17, 15) is 0 Å². The van der Waals surface area contributed by atoms with Crippen LogP contribution in [0, 0.1) is 0 Å². The molecule has 4 nitrogen and oxygen atoms in total. The van der Waals surface area contributed by atoms with E-state index in [0.717, 1.165) is 38.0 Å². The third-order valence-corrected chi connectivity index (χ3v) is 3.77. The number of hydrogen-bond donors (Lipinski definition) is 2. The van der Waals surface area contributed by atoms with Gasteiger partial charge in [0, 0.05) is 25.2 Å². The molecule has 2 heterocycles. The molecule has 2 saturated heterocycles. The zero-order chi connectivity index (χ0) is 10.7. The topological polar surface area (TPSA) is 58.5 Å². The van der Waals surface area contributed by atoms with Crippen molar-refractivity contribution in [2.45, 2.75) is 31.3 Å². The highest BCUT2D eigenvalue weighted by molar-refractivity contribution is 4.99. The van der Waals surface area contributed by atoms with E-state index in [0.29, 0.717) is 0 Å². The zero-order valence-electron chi connectivity index (χ0n) is 9.57. The highest BCUT2D eigenvalue weighted by Crippen LogP contribution is 2.30. The van der Waals surface area contributed by atoms with Crippen LogP contribution < -0.4 is 11.5 Å². The highest BCUT2D eigenvalue weighted by atomic mass is 15.3. The van der Waals surface area contributed by atoms with E-state index in [1.807, 2.05) is 0 Å². The first-order valence-corrected chi connectivity index (χ1v) is 6.23. The summed E-state index contributed by atoms with van der Waals surface area (Å²) in [6, 6.07) is 1.61. The lowest BCUT2D eigenvalue weighted by Gasteiger charge is -2.34. The van der Waals surface area contributed by atoms with Crippen molar-refractivity contribution >= 4 is 0 Å². The van der Waals surface area contributed by atoms with Gasteiger partial charge < -0.3 is 11.5 Å². The van der Waals surface area contributed by atoms with Crippen LogP contribution in [0.5, 0.6) is 0 Å². The Morgan fingerprint density at radius 2 is 1.33 bits per heavy atom. The van der Waals surface area contributed by atoms with E-state index in [1.165, 1.54) is 32.6 Å². The Morgan fingerprint density at radius 1 is 0.867 bits per heavy atom. The van der Waals surface area contributed by atoms with Gasteiger partial charge in [0.05, 0.1) is 0 Å². The molecule has 15 heavy (non-hydrogen) atoms. The summed E-state index contributed by atoms with van der Waals surface area (Å²) in [5.41, 5.74) is 11.1. The van der Waals surface area contributed by atoms with Gasteiger partial charge in [-0.05, 0) is 45.4 Å². The molecule has 2 atom stereocenters. The van der Waals surface area contributed by atoms with Crippen molar-refractivity contribution in [3.63, 3.8) is 0 Å². The van der Waals surface area contributed by atoms with Gasteiger partial charge >= 0.3 is 0 Å². The molecule has 0 aromatic carbocycles. The number of fused-ring (bicyclic) bond motifs is 2. The van der Waals surface area contributed by atoms with E-state index in [1.54, 1.807) is 0 Å². The molecule has 0 amide bonds. The Morgan fingerprint density at radius 3 is 1.67 bits per heavy atom. The Labute approximate surface area is 92.6 Å². The van der Waals surface area contributed by atoms with Crippen molar-refractivity contribution in [2.24, 2.45) is 11.5 Å². The molecule has 0 radical (unpaired) electrons. The van der Waals surface area contributed by atoms with Crippen molar-refractivity contribution in [3.8, 4) is 0 Å². The summed E-state index contributed by atoms with van der Waals surface area (Å²) in [5.74, 6) is 0. The molecule has 0 aromatic rings. The van der Waals surface area contributed by atoms with Crippen LogP contribution in [0.4, 0.5) is 0 Å². The second-order valence-electron chi connectivity index (χ2n) is 4.82. The predicted octanol–water partition coefficient (Wildman–Crippen LogP) is -0.557. The van der Waals surface area contributed by atoms with Gasteiger partial charge in [-0.2, -0.15) is 0 Å². The largest absolute Gasteiger partial charge is 0.330 e. The molecule has 0 spiro atoms. The summed E-state index contributed by atoms with van der Waals surface area (Å²) in [5, 5.41) is 0. The van der Waals surface area contributed by atoms with Crippen LogP contribution in [-0.4, -0.2) is 61.2 Å². The summed E-state index contributed by atoms with van der Waals surface area (Å²) in [7, 11) is 0. The standard InChI is InChI=1S/C11H24N4/c12-3-1-5-14-8-11-7-10(14)9-15(11)6-2-4-13/h10-11H,1-9,12-13H2/t10-,11-/m1/s1. The lowest BCUT2D eigenvalue weighted by Crippen LogP contribution is -2.47. The molecule has 0 aliphatic carbocycles. The third kappa shape index (κ3) is 2.50. The molecule has 0 unspecified atom stereocenters. The van der Waals surface area contributed by atoms with Gasteiger partial charge in [0.15, 0.2) is 0 Å². The summed E-state index contributed by atoms with van der Waals surface area (Å²) >= 11 is 0. The van der Waals surface area contributed by atoms with Crippen molar-refractivity contribution in [1.82, 2.24) is 9.80 Å². The van der Waals surface area contributed by atoms with Gasteiger partial charge in [0.2, 0.25) is 0 Å². The Bertz CT molecular complexity index is 177. The molecule has 2 bridgehead atoms. The van der Waals surface area contributed by atoms with Crippen molar-refractivity contribution < 1.29 is 0 Å². The molecule has 2 aliphatic heterocycles. The van der Waals surface area contributed by atoms with Crippen LogP contribution in [0.3, 0.4) is 0 Å². The number of nitrogens with two attached hydrogens (primary N) is 2. The normalized spacial score (nSPS) is 31.6. The minimum Gasteiger partial charge on any atom is -0.330 e. The Balaban J connectivity index is 1.73. The summed E-state index contributed by atoms with van der Waals surface area (Å²) in [4.78, 5) is 5.24. The molecule has 88 valence electrons. The predicted molar refractivity (Wildman–Crippen MR) is 62.7 cm³/mol. The van der Waals surface area contributed by atoms with E-state index in [-0.39, 0.29) is 0 Å². The van der Waals surface area contributed by atoms with E-state index in [2.05, 4.69) is 9.80 Å². The van der Waals surface area contributed by atoms with Gasteiger partial charge in [0.1, 0.15) is 0 Å². The fourth-order valence-corrected chi connectivity index (χ4v) is 2.97. The molecule has 2 fully saturated rings. The lowest BCUT2D eigenvalue weighted by atomic mass is 10.2. The second kappa shape index (κ2) is 5.25. The zero-order valence-corrected chi connectivity index (χ0v) is 9.57. The molecular formula is C11H24N4. The van der Waals surface area contributed by atoms with Crippen LogP contribution in [0.25, 0.3) is 0 Å². The Hall–Kier alpha value is -0.160. The maximum absolute atomic E-state index is 5.55. The first-order valence-electron chi connectivity index (χ1n) is 6.23. The van der Waals surface area contributed by atoms with Crippen LogP contribution in [0.15, 0.2) is 0 Å². The minimum atomic E-state index is 0.805. The first kappa shape index (κ1) is 11.3. The van der Waals surface area contributed by atoms with E-state index >= 15 is 0 Å². The number of hydrogen-bond acceptors (Lipinski definition) is 4. The van der Waals surface area contributed by atoms with Crippen LogP contribution in [0.2, 0.25) is 0 Å². The molecule has 2 rings (SSSR count). The number of nitrogens with zero attached hydrogens (tertiary/aromatic N) is 2. The molecule has 4 heteroatoms. The van der Waals surface area contributed by atoms with E-state index < -0.39 is 0 Å². The summed E-state index contributed by atoms with van der Waals surface area (Å²) in [6.07, 6.45) is 3.66. The van der Waals surface area contributed by atoms with Gasteiger partial charge in [-0.15, -0.1) is 0 Å². The number of piperazine rings is 1. The SMILES string of the molecule is NCCCN1C[C@H]2C[C@@H]1CN2CCCN. The smallest absolute Gasteiger partial charge is 0.0239 e. The highest BCUT2D eigenvalue weighted by Gasteiger charge is 2.41.